The number of halogens is 1. The molecule has 0 saturated heterocycles. The lowest BCUT2D eigenvalue weighted by molar-refractivity contribution is 0.669. The molecule has 0 saturated carbocycles. The van der Waals surface area contributed by atoms with E-state index in [9.17, 15) is 0 Å². The molecule has 0 N–H and O–H groups in total. The second-order valence-corrected chi connectivity index (χ2v) is 10.7. The first-order valence-electron chi connectivity index (χ1n) is 13.7. The summed E-state index contributed by atoms with van der Waals surface area (Å²) in [5.41, 5.74) is 7.15. The lowest BCUT2D eigenvalue weighted by atomic mass is 9.98. The van der Waals surface area contributed by atoms with Crippen molar-refractivity contribution in [2.24, 2.45) is 0 Å². The molecule has 0 aliphatic rings. The summed E-state index contributed by atoms with van der Waals surface area (Å²) in [6.07, 6.45) is 0. The number of benzene rings is 7. The van der Waals surface area contributed by atoms with Crippen LogP contribution in [-0.2, 0) is 0 Å². The highest BCUT2D eigenvalue weighted by Gasteiger charge is 2.22. The number of fused-ring (bicyclic) bond motifs is 7. The second kappa shape index (κ2) is 9.55. The maximum Gasteiger partial charge on any atom is 0.160 e. The summed E-state index contributed by atoms with van der Waals surface area (Å²) in [5, 5.41) is 7.79. The third kappa shape index (κ3) is 3.96. The average Bonchev–Trinajstić information content (AvgIpc) is 3.43. The standard InChI is InChI=1S/C38H24ClNO/c39-29-19-14-25(15-20-29)26-16-21-31(22-17-26)40(30-10-2-1-3-11-30)34-24-28-9-5-7-13-33(28)37-36-32-12-6-4-8-27(32)18-23-35(36)41-38(34)37/h1-24H. The molecule has 0 fully saturated rings. The van der Waals surface area contributed by atoms with E-state index in [4.69, 9.17) is 16.0 Å². The number of hydrogen-bond acceptors (Lipinski definition) is 2. The van der Waals surface area contributed by atoms with Gasteiger partial charge in [-0.15, -0.1) is 0 Å². The van der Waals surface area contributed by atoms with E-state index in [1.165, 1.54) is 21.5 Å². The highest BCUT2D eigenvalue weighted by molar-refractivity contribution is 6.30. The molecule has 8 aromatic rings. The van der Waals surface area contributed by atoms with Crippen LogP contribution in [0.4, 0.5) is 17.1 Å². The van der Waals surface area contributed by atoms with E-state index in [1.54, 1.807) is 0 Å². The summed E-state index contributed by atoms with van der Waals surface area (Å²) in [5.74, 6) is 0. The Hall–Kier alpha value is -5.05. The third-order valence-electron chi connectivity index (χ3n) is 7.89. The predicted octanol–water partition coefficient (Wildman–Crippen LogP) is 11.7. The Bertz CT molecular complexity index is 2200. The monoisotopic (exact) mass is 545 g/mol. The van der Waals surface area contributed by atoms with Gasteiger partial charge in [-0.05, 0) is 81.2 Å². The van der Waals surface area contributed by atoms with Gasteiger partial charge in [0.1, 0.15) is 5.58 Å². The summed E-state index contributed by atoms with van der Waals surface area (Å²) in [6.45, 7) is 0. The van der Waals surface area contributed by atoms with Gasteiger partial charge in [0.2, 0.25) is 0 Å². The molecule has 0 spiro atoms. The van der Waals surface area contributed by atoms with Gasteiger partial charge in [0.15, 0.2) is 5.58 Å². The largest absolute Gasteiger partial charge is 0.454 e. The van der Waals surface area contributed by atoms with Crippen LogP contribution in [0, 0.1) is 0 Å². The molecule has 194 valence electrons. The Morgan fingerprint density at radius 1 is 0.488 bits per heavy atom. The van der Waals surface area contributed by atoms with Gasteiger partial charge in [0.25, 0.3) is 0 Å². The van der Waals surface area contributed by atoms with Gasteiger partial charge in [0, 0.05) is 27.2 Å². The van der Waals surface area contributed by atoms with Crippen LogP contribution in [0.2, 0.25) is 5.02 Å². The first kappa shape index (κ1) is 23.8. The van der Waals surface area contributed by atoms with E-state index in [-0.39, 0.29) is 0 Å². The Balaban J connectivity index is 1.42. The molecule has 0 amide bonds. The third-order valence-corrected chi connectivity index (χ3v) is 8.15. The molecule has 2 nitrogen and oxygen atoms in total. The molecule has 8 rings (SSSR count). The molecule has 0 radical (unpaired) electrons. The minimum atomic E-state index is 0.736. The number of anilines is 3. The average molecular weight is 546 g/mol. The van der Waals surface area contributed by atoms with Crippen LogP contribution in [0.25, 0.3) is 54.6 Å². The number of rotatable bonds is 4. The molecule has 41 heavy (non-hydrogen) atoms. The highest BCUT2D eigenvalue weighted by atomic mass is 35.5. The molecule has 1 heterocycles. The number of para-hydroxylation sites is 1. The van der Waals surface area contributed by atoms with Crippen molar-refractivity contribution in [3.8, 4) is 11.1 Å². The fourth-order valence-electron chi connectivity index (χ4n) is 5.99. The first-order valence-corrected chi connectivity index (χ1v) is 14.1. The summed E-state index contributed by atoms with van der Waals surface area (Å²) in [7, 11) is 0. The van der Waals surface area contributed by atoms with Crippen molar-refractivity contribution in [2.45, 2.75) is 0 Å². The molecule has 0 bridgehead atoms. The fourth-order valence-corrected chi connectivity index (χ4v) is 6.11. The van der Waals surface area contributed by atoms with Crippen LogP contribution in [0.5, 0.6) is 0 Å². The van der Waals surface area contributed by atoms with E-state index in [0.717, 1.165) is 55.2 Å². The Kier molecular flexibility index (Phi) is 5.54. The zero-order valence-corrected chi connectivity index (χ0v) is 22.8. The molecular formula is C38H24ClNO. The van der Waals surface area contributed by atoms with Crippen molar-refractivity contribution in [1.29, 1.82) is 0 Å². The van der Waals surface area contributed by atoms with Gasteiger partial charge in [-0.1, -0.05) is 109 Å². The first-order chi connectivity index (χ1) is 20.2. The van der Waals surface area contributed by atoms with E-state index in [1.807, 2.05) is 12.1 Å². The molecule has 7 aromatic carbocycles. The minimum Gasteiger partial charge on any atom is -0.454 e. The van der Waals surface area contributed by atoms with E-state index >= 15 is 0 Å². The maximum absolute atomic E-state index is 6.77. The summed E-state index contributed by atoms with van der Waals surface area (Å²) < 4.78 is 6.77. The molecule has 0 atom stereocenters. The topological polar surface area (TPSA) is 16.4 Å². The van der Waals surface area contributed by atoms with E-state index < -0.39 is 0 Å². The van der Waals surface area contributed by atoms with Crippen molar-refractivity contribution < 1.29 is 4.42 Å². The maximum atomic E-state index is 6.77. The fraction of sp³-hybridized carbons (Fsp3) is 0. The molecular weight excluding hydrogens is 522 g/mol. The van der Waals surface area contributed by atoms with Crippen LogP contribution < -0.4 is 4.90 Å². The van der Waals surface area contributed by atoms with Crippen molar-refractivity contribution in [3.63, 3.8) is 0 Å². The van der Waals surface area contributed by atoms with Crippen LogP contribution in [0.15, 0.2) is 150 Å². The minimum absolute atomic E-state index is 0.736. The van der Waals surface area contributed by atoms with E-state index in [2.05, 4.69) is 138 Å². The molecule has 0 unspecified atom stereocenters. The lowest BCUT2D eigenvalue weighted by Gasteiger charge is -2.26. The molecule has 1 aromatic heterocycles. The summed E-state index contributed by atoms with van der Waals surface area (Å²) in [4.78, 5) is 2.30. The predicted molar refractivity (Wildman–Crippen MR) is 174 cm³/mol. The van der Waals surface area contributed by atoms with Gasteiger partial charge in [-0.3, -0.25) is 0 Å². The second-order valence-electron chi connectivity index (χ2n) is 10.3. The highest BCUT2D eigenvalue weighted by Crippen LogP contribution is 2.47. The van der Waals surface area contributed by atoms with Gasteiger partial charge in [-0.25, -0.2) is 0 Å². The molecule has 0 aliphatic carbocycles. The Morgan fingerprint density at radius 2 is 1.07 bits per heavy atom. The van der Waals surface area contributed by atoms with Crippen molar-refractivity contribution in [3.05, 3.63) is 151 Å². The van der Waals surface area contributed by atoms with Crippen LogP contribution in [-0.4, -0.2) is 0 Å². The van der Waals surface area contributed by atoms with Gasteiger partial charge >= 0.3 is 0 Å². The quantitative estimate of drug-likeness (QED) is 0.218. The van der Waals surface area contributed by atoms with Gasteiger partial charge in [-0.2, -0.15) is 0 Å². The van der Waals surface area contributed by atoms with Gasteiger partial charge in [0.05, 0.1) is 5.69 Å². The molecule has 0 aliphatic heterocycles. The Labute approximate surface area is 242 Å². The van der Waals surface area contributed by atoms with Crippen molar-refractivity contribution in [1.82, 2.24) is 0 Å². The zero-order valence-electron chi connectivity index (χ0n) is 22.1. The summed E-state index contributed by atoms with van der Waals surface area (Å²) >= 11 is 6.14. The number of nitrogens with zero attached hydrogens (tertiary/aromatic N) is 1. The van der Waals surface area contributed by atoms with Crippen molar-refractivity contribution >= 4 is 72.1 Å². The van der Waals surface area contributed by atoms with Crippen LogP contribution >= 0.6 is 11.6 Å². The van der Waals surface area contributed by atoms with E-state index in [0.29, 0.717) is 0 Å². The normalized spacial score (nSPS) is 11.5. The van der Waals surface area contributed by atoms with Crippen molar-refractivity contribution in [2.75, 3.05) is 4.90 Å². The van der Waals surface area contributed by atoms with Crippen LogP contribution in [0.1, 0.15) is 0 Å². The Morgan fingerprint density at radius 3 is 1.80 bits per heavy atom. The summed E-state index contributed by atoms with van der Waals surface area (Å²) in [6, 6.07) is 50.8. The van der Waals surface area contributed by atoms with Gasteiger partial charge < -0.3 is 9.32 Å². The lowest BCUT2D eigenvalue weighted by Crippen LogP contribution is -2.10. The SMILES string of the molecule is Clc1ccc(-c2ccc(N(c3ccccc3)c3cc4ccccc4c4c3oc3ccc5ccccc5c34)cc2)cc1. The molecule has 3 heteroatoms. The smallest absolute Gasteiger partial charge is 0.160 e. The van der Waals surface area contributed by atoms with Crippen LogP contribution in [0.3, 0.4) is 0 Å². The number of hydrogen-bond donors (Lipinski definition) is 0. The number of furan rings is 1. The zero-order chi connectivity index (χ0) is 27.3.